The minimum Gasteiger partial charge on any atom is -0.352 e. The molecule has 0 unspecified atom stereocenters. The van der Waals surface area contributed by atoms with Crippen LogP contribution in [0.1, 0.15) is 22.5 Å². The Labute approximate surface area is 156 Å². The van der Waals surface area contributed by atoms with E-state index >= 15 is 0 Å². The highest BCUT2D eigenvalue weighted by Gasteiger charge is 2.16. The average Bonchev–Trinajstić information content (AvgIpc) is 2.90. The van der Waals surface area contributed by atoms with E-state index in [1.807, 2.05) is 48.9 Å². The molecule has 0 saturated carbocycles. The Kier molecular flexibility index (Phi) is 5.38. The summed E-state index contributed by atoms with van der Waals surface area (Å²) in [5.41, 5.74) is 4.29. The van der Waals surface area contributed by atoms with Crippen molar-refractivity contribution in [2.24, 2.45) is 0 Å². The molecule has 0 atom stereocenters. The molecule has 6 heteroatoms. The van der Waals surface area contributed by atoms with Crippen molar-refractivity contribution in [3.63, 3.8) is 0 Å². The summed E-state index contributed by atoms with van der Waals surface area (Å²) in [6, 6.07) is 13.9. The van der Waals surface area contributed by atoms with Crippen LogP contribution in [0.2, 0.25) is 5.02 Å². The maximum atomic E-state index is 13.1. The average molecular weight is 372 g/mol. The van der Waals surface area contributed by atoms with Gasteiger partial charge >= 0.3 is 0 Å². The smallest absolute Gasteiger partial charge is 0.224 e. The zero-order valence-electron chi connectivity index (χ0n) is 14.6. The van der Waals surface area contributed by atoms with E-state index in [0.29, 0.717) is 10.6 Å². The fourth-order valence-electron chi connectivity index (χ4n) is 2.83. The first kappa shape index (κ1) is 18.1. The van der Waals surface area contributed by atoms with Crippen LogP contribution in [0.5, 0.6) is 0 Å². The number of amides is 1. The third-order valence-corrected chi connectivity index (χ3v) is 4.62. The molecule has 1 amide bonds. The van der Waals surface area contributed by atoms with Crippen LogP contribution in [-0.2, 0) is 17.8 Å². The van der Waals surface area contributed by atoms with Crippen molar-refractivity contribution in [1.82, 2.24) is 15.1 Å². The van der Waals surface area contributed by atoms with Gasteiger partial charge in [-0.25, -0.2) is 9.07 Å². The second-order valence-corrected chi connectivity index (χ2v) is 6.49. The highest BCUT2D eigenvalue weighted by Crippen LogP contribution is 2.19. The van der Waals surface area contributed by atoms with Gasteiger partial charge in [0.2, 0.25) is 5.91 Å². The molecule has 0 bridgehead atoms. The molecule has 0 aliphatic rings. The number of nitrogens with one attached hydrogen (secondary N) is 1. The normalized spacial score (nSPS) is 10.8. The van der Waals surface area contributed by atoms with Crippen LogP contribution in [0, 0.1) is 19.7 Å². The number of benzene rings is 2. The number of aromatic nitrogens is 2. The first-order valence-electron chi connectivity index (χ1n) is 8.27. The minimum absolute atomic E-state index is 0.135. The van der Waals surface area contributed by atoms with Crippen LogP contribution in [-0.4, -0.2) is 15.7 Å². The van der Waals surface area contributed by atoms with Gasteiger partial charge in [0.1, 0.15) is 5.82 Å². The van der Waals surface area contributed by atoms with E-state index in [0.717, 1.165) is 22.6 Å². The third-order valence-electron chi connectivity index (χ3n) is 4.27. The quantitative estimate of drug-likeness (QED) is 0.732. The zero-order valence-corrected chi connectivity index (χ0v) is 15.3. The van der Waals surface area contributed by atoms with Crippen LogP contribution in [0.15, 0.2) is 48.5 Å². The summed E-state index contributed by atoms with van der Waals surface area (Å²) in [5, 5.41) is 7.68. The van der Waals surface area contributed by atoms with E-state index in [1.54, 1.807) is 6.07 Å². The standard InChI is InChI=1S/C20H19ClFN3O/c1-13-18(14(2)25(24-13)17-6-4-3-5-7-17)11-20(26)23-12-15-8-9-16(22)10-19(15)21/h3-10H,11-12H2,1-2H3,(H,23,26). The first-order chi connectivity index (χ1) is 12.5. The summed E-state index contributed by atoms with van der Waals surface area (Å²) >= 11 is 5.99. The summed E-state index contributed by atoms with van der Waals surface area (Å²) in [6.45, 7) is 4.10. The Morgan fingerprint density at radius 1 is 1.19 bits per heavy atom. The molecule has 134 valence electrons. The Hall–Kier alpha value is -2.66. The van der Waals surface area contributed by atoms with E-state index in [9.17, 15) is 9.18 Å². The lowest BCUT2D eigenvalue weighted by molar-refractivity contribution is -0.120. The second-order valence-electron chi connectivity index (χ2n) is 6.09. The topological polar surface area (TPSA) is 46.9 Å². The Morgan fingerprint density at radius 3 is 2.62 bits per heavy atom. The molecular formula is C20H19ClFN3O. The Morgan fingerprint density at radius 2 is 1.92 bits per heavy atom. The fraction of sp³-hybridized carbons (Fsp3) is 0.200. The van der Waals surface area contributed by atoms with E-state index in [-0.39, 0.29) is 18.9 Å². The summed E-state index contributed by atoms with van der Waals surface area (Å²) < 4.78 is 14.9. The van der Waals surface area contributed by atoms with E-state index in [1.165, 1.54) is 12.1 Å². The number of halogens is 2. The molecule has 1 heterocycles. The molecule has 1 aromatic heterocycles. The van der Waals surface area contributed by atoms with Gasteiger partial charge in [0.15, 0.2) is 0 Å². The lowest BCUT2D eigenvalue weighted by Gasteiger charge is -2.08. The lowest BCUT2D eigenvalue weighted by Crippen LogP contribution is -2.25. The van der Waals surface area contributed by atoms with Crippen LogP contribution < -0.4 is 5.32 Å². The molecule has 2 aromatic carbocycles. The predicted octanol–water partition coefficient (Wildman–Crippen LogP) is 4.14. The summed E-state index contributed by atoms with van der Waals surface area (Å²) in [5.74, 6) is -0.533. The number of para-hydroxylation sites is 1. The summed E-state index contributed by atoms with van der Waals surface area (Å²) in [4.78, 5) is 12.3. The highest BCUT2D eigenvalue weighted by molar-refractivity contribution is 6.31. The van der Waals surface area contributed by atoms with Gasteiger partial charge in [-0.1, -0.05) is 35.9 Å². The number of hydrogen-bond donors (Lipinski definition) is 1. The van der Waals surface area contributed by atoms with Gasteiger partial charge in [-0.05, 0) is 43.7 Å². The molecule has 0 aliphatic heterocycles. The molecule has 0 saturated heterocycles. The van der Waals surface area contributed by atoms with Crippen molar-refractivity contribution in [3.05, 3.63) is 81.9 Å². The van der Waals surface area contributed by atoms with Gasteiger partial charge in [-0.15, -0.1) is 0 Å². The van der Waals surface area contributed by atoms with Gasteiger partial charge in [0.25, 0.3) is 0 Å². The van der Waals surface area contributed by atoms with Gasteiger partial charge in [-0.2, -0.15) is 5.10 Å². The van der Waals surface area contributed by atoms with Crippen molar-refractivity contribution < 1.29 is 9.18 Å². The van der Waals surface area contributed by atoms with Crippen molar-refractivity contribution >= 4 is 17.5 Å². The number of hydrogen-bond acceptors (Lipinski definition) is 2. The number of carbonyl (C=O) groups is 1. The molecule has 3 aromatic rings. The monoisotopic (exact) mass is 371 g/mol. The molecule has 0 spiro atoms. The van der Waals surface area contributed by atoms with Crippen LogP contribution in [0.25, 0.3) is 5.69 Å². The van der Waals surface area contributed by atoms with Gasteiger partial charge in [-0.3, -0.25) is 4.79 Å². The van der Waals surface area contributed by atoms with E-state index in [4.69, 9.17) is 11.6 Å². The maximum absolute atomic E-state index is 13.1. The van der Waals surface area contributed by atoms with Crippen LogP contribution >= 0.6 is 11.6 Å². The van der Waals surface area contributed by atoms with Gasteiger partial charge in [0, 0.05) is 22.8 Å². The van der Waals surface area contributed by atoms with Crippen molar-refractivity contribution in [2.45, 2.75) is 26.8 Å². The number of nitrogens with zero attached hydrogens (tertiary/aromatic N) is 2. The molecule has 3 rings (SSSR count). The van der Waals surface area contributed by atoms with E-state index in [2.05, 4.69) is 10.4 Å². The van der Waals surface area contributed by atoms with Crippen LogP contribution in [0.3, 0.4) is 0 Å². The van der Waals surface area contributed by atoms with Crippen molar-refractivity contribution in [3.8, 4) is 5.69 Å². The molecule has 0 radical (unpaired) electrons. The molecule has 0 fully saturated rings. The van der Waals surface area contributed by atoms with Crippen molar-refractivity contribution in [1.29, 1.82) is 0 Å². The zero-order chi connectivity index (χ0) is 18.7. The predicted molar refractivity (Wildman–Crippen MR) is 100.0 cm³/mol. The molecule has 0 aliphatic carbocycles. The summed E-state index contributed by atoms with van der Waals surface area (Å²) in [7, 11) is 0. The molecule has 1 N–H and O–H groups in total. The Balaban J connectivity index is 1.71. The van der Waals surface area contributed by atoms with Gasteiger partial charge < -0.3 is 5.32 Å². The number of aryl methyl sites for hydroxylation is 1. The molecule has 26 heavy (non-hydrogen) atoms. The molecule has 4 nitrogen and oxygen atoms in total. The molecular weight excluding hydrogens is 353 g/mol. The number of rotatable bonds is 5. The van der Waals surface area contributed by atoms with Gasteiger partial charge in [0.05, 0.1) is 17.8 Å². The number of carbonyl (C=O) groups excluding carboxylic acids is 1. The first-order valence-corrected chi connectivity index (χ1v) is 8.64. The lowest BCUT2D eigenvalue weighted by atomic mass is 10.1. The second kappa shape index (κ2) is 7.70. The largest absolute Gasteiger partial charge is 0.352 e. The van der Waals surface area contributed by atoms with Crippen LogP contribution in [0.4, 0.5) is 4.39 Å². The fourth-order valence-corrected chi connectivity index (χ4v) is 3.07. The highest BCUT2D eigenvalue weighted by atomic mass is 35.5. The van der Waals surface area contributed by atoms with Crippen molar-refractivity contribution in [2.75, 3.05) is 0 Å². The third kappa shape index (κ3) is 3.94. The summed E-state index contributed by atoms with van der Waals surface area (Å²) in [6.07, 6.45) is 0.226. The Bertz CT molecular complexity index is 938. The minimum atomic E-state index is -0.398. The van der Waals surface area contributed by atoms with E-state index < -0.39 is 5.82 Å². The maximum Gasteiger partial charge on any atom is 0.224 e. The SMILES string of the molecule is Cc1nn(-c2ccccc2)c(C)c1CC(=O)NCc1ccc(F)cc1Cl.